The first-order chi connectivity index (χ1) is 8.47. The normalized spacial score (nSPS) is 28.1. The highest BCUT2D eigenvalue weighted by atomic mass is 19.1. The van der Waals surface area contributed by atoms with Gasteiger partial charge in [0.05, 0.1) is 5.60 Å². The zero-order valence-electron chi connectivity index (χ0n) is 10.7. The molecule has 3 nitrogen and oxygen atoms in total. The molecule has 18 heavy (non-hydrogen) atoms. The summed E-state index contributed by atoms with van der Waals surface area (Å²) in [6, 6.07) is 4.35. The van der Waals surface area contributed by atoms with E-state index in [1.807, 2.05) is 0 Å². The van der Waals surface area contributed by atoms with E-state index in [2.05, 4.69) is 12.2 Å². The van der Waals surface area contributed by atoms with Crippen molar-refractivity contribution in [1.82, 2.24) is 0 Å². The van der Waals surface area contributed by atoms with Gasteiger partial charge in [0.25, 0.3) is 0 Å². The number of nitrogens with one attached hydrogen (secondary N) is 1. The van der Waals surface area contributed by atoms with Crippen molar-refractivity contribution < 1.29 is 9.50 Å². The second kappa shape index (κ2) is 5.14. The molecule has 1 aliphatic rings. The van der Waals surface area contributed by atoms with Crippen LogP contribution in [0.1, 0.15) is 32.6 Å². The van der Waals surface area contributed by atoms with Gasteiger partial charge in [-0.25, -0.2) is 4.39 Å². The molecule has 4 N–H and O–H groups in total. The van der Waals surface area contributed by atoms with Crippen LogP contribution in [0.4, 0.5) is 15.8 Å². The number of anilines is 2. The molecule has 0 aromatic heterocycles. The number of hydrogen-bond acceptors (Lipinski definition) is 3. The zero-order valence-corrected chi connectivity index (χ0v) is 10.7. The van der Waals surface area contributed by atoms with Crippen LogP contribution in [0.5, 0.6) is 0 Å². The minimum atomic E-state index is -0.682. The number of halogens is 1. The predicted octanol–water partition coefficient (Wildman–Crippen LogP) is 2.76. The average Bonchev–Trinajstić information content (AvgIpc) is 2.25. The molecule has 1 saturated carbocycles. The van der Waals surface area contributed by atoms with Gasteiger partial charge in [0, 0.05) is 17.9 Å². The van der Waals surface area contributed by atoms with Crippen molar-refractivity contribution >= 4 is 11.4 Å². The fourth-order valence-corrected chi connectivity index (χ4v) is 2.77. The lowest BCUT2D eigenvalue weighted by Crippen LogP contribution is -2.41. The Bertz CT molecular complexity index is 404. The third kappa shape index (κ3) is 3.35. The third-order valence-corrected chi connectivity index (χ3v) is 3.61. The summed E-state index contributed by atoms with van der Waals surface area (Å²) in [5, 5.41) is 13.5. The molecule has 1 aromatic rings. The molecule has 0 radical (unpaired) electrons. The maximum Gasteiger partial charge on any atom is 0.127 e. The standard InChI is InChI=1S/C14H21FN2O/c1-10-3-2-4-14(18,8-10)9-17-13-6-11(15)5-12(16)7-13/h5-7,10,17-18H,2-4,8-9,16H2,1H3. The lowest BCUT2D eigenvalue weighted by Gasteiger charge is -2.35. The van der Waals surface area contributed by atoms with Crippen molar-refractivity contribution in [1.29, 1.82) is 0 Å². The molecule has 0 bridgehead atoms. The Morgan fingerprint density at radius 2 is 2.28 bits per heavy atom. The summed E-state index contributed by atoms with van der Waals surface area (Å²) in [6.45, 7) is 2.60. The van der Waals surface area contributed by atoms with E-state index in [9.17, 15) is 9.50 Å². The molecule has 2 atom stereocenters. The van der Waals surface area contributed by atoms with Gasteiger partial charge in [0.15, 0.2) is 0 Å². The largest absolute Gasteiger partial charge is 0.399 e. The van der Waals surface area contributed by atoms with Crippen LogP contribution < -0.4 is 11.1 Å². The molecule has 0 saturated heterocycles. The summed E-state index contributed by atoms with van der Waals surface area (Å²) < 4.78 is 13.2. The summed E-state index contributed by atoms with van der Waals surface area (Å²) in [4.78, 5) is 0. The van der Waals surface area contributed by atoms with Crippen LogP contribution in [0, 0.1) is 11.7 Å². The molecule has 1 aliphatic carbocycles. The van der Waals surface area contributed by atoms with Crippen molar-refractivity contribution in [3.63, 3.8) is 0 Å². The molecule has 4 heteroatoms. The van der Waals surface area contributed by atoms with Crippen molar-refractivity contribution in [2.45, 2.75) is 38.2 Å². The Hall–Kier alpha value is -1.29. The van der Waals surface area contributed by atoms with E-state index in [1.54, 1.807) is 6.07 Å². The Labute approximate surface area is 107 Å². The number of nitrogen functional groups attached to an aromatic ring is 1. The smallest absolute Gasteiger partial charge is 0.127 e. The zero-order chi connectivity index (χ0) is 13.2. The van der Waals surface area contributed by atoms with E-state index in [-0.39, 0.29) is 5.82 Å². The van der Waals surface area contributed by atoms with Crippen molar-refractivity contribution in [3.8, 4) is 0 Å². The number of rotatable bonds is 3. The van der Waals surface area contributed by atoms with Crippen LogP contribution in [0.2, 0.25) is 0 Å². The summed E-state index contributed by atoms with van der Waals surface area (Å²) in [7, 11) is 0. The fraction of sp³-hybridized carbons (Fsp3) is 0.571. The highest BCUT2D eigenvalue weighted by Gasteiger charge is 2.32. The molecule has 0 amide bonds. The summed E-state index contributed by atoms with van der Waals surface area (Å²) in [5.41, 5.74) is 5.91. The van der Waals surface area contributed by atoms with Crippen molar-refractivity contribution in [3.05, 3.63) is 24.0 Å². The van der Waals surface area contributed by atoms with E-state index >= 15 is 0 Å². The SMILES string of the molecule is CC1CCCC(O)(CNc2cc(N)cc(F)c2)C1. The molecular formula is C14H21FN2O. The summed E-state index contributed by atoms with van der Waals surface area (Å²) in [6.07, 6.45) is 3.82. The molecule has 1 aromatic carbocycles. The molecule has 0 spiro atoms. The molecule has 0 aliphatic heterocycles. The van der Waals surface area contributed by atoms with E-state index in [0.717, 1.165) is 19.3 Å². The first-order valence-electron chi connectivity index (χ1n) is 6.49. The first kappa shape index (κ1) is 13.1. The van der Waals surface area contributed by atoms with Gasteiger partial charge in [-0.15, -0.1) is 0 Å². The third-order valence-electron chi connectivity index (χ3n) is 3.61. The molecule has 2 unspecified atom stereocenters. The van der Waals surface area contributed by atoms with E-state index in [1.165, 1.54) is 18.6 Å². The van der Waals surface area contributed by atoms with Gasteiger partial charge in [0.1, 0.15) is 5.82 Å². The highest BCUT2D eigenvalue weighted by molar-refractivity contribution is 5.54. The maximum atomic E-state index is 13.2. The minimum absolute atomic E-state index is 0.360. The summed E-state index contributed by atoms with van der Waals surface area (Å²) >= 11 is 0. The van der Waals surface area contributed by atoms with Gasteiger partial charge in [-0.2, -0.15) is 0 Å². The predicted molar refractivity (Wildman–Crippen MR) is 71.9 cm³/mol. The molecule has 1 fully saturated rings. The van der Waals surface area contributed by atoms with Gasteiger partial charge in [-0.1, -0.05) is 19.8 Å². The minimum Gasteiger partial charge on any atom is -0.399 e. The van der Waals surface area contributed by atoms with E-state index in [4.69, 9.17) is 5.73 Å². The number of benzene rings is 1. The van der Waals surface area contributed by atoms with E-state index in [0.29, 0.717) is 23.8 Å². The Morgan fingerprint density at radius 3 is 2.94 bits per heavy atom. The fourth-order valence-electron chi connectivity index (χ4n) is 2.77. The lowest BCUT2D eigenvalue weighted by molar-refractivity contribution is -0.000767. The molecular weight excluding hydrogens is 231 g/mol. The second-order valence-electron chi connectivity index (χ2n) is 5.55. The topological polar surface area (TPSA) is 58.3 Å². The quantitative estimate of drug-likeness (QED) is 0.725. The molecule has 2 rings (SSSR count). The van der Waals surface area contributed by atoms with Crippen molar-refractivity contribution in [2.75, 3.05) is 17.6 Å². The van der Waals surface area contributed by atoms with Gasteiger partial charge in [0.2, 0.25) is 0 Å². The van der Waals surface area contributed by atoms with Crippen LogP contribution >= 0.6 is 0 Å². The van der Waals surface area contributed by atoms with Gasteiger partial charge in [-0.3, -0.25) is 0 Å². The first-order valence-corrected chi connectivity index (χ1v) is 6.49. The van der Waals surface area contributed by atoms with Crippen LogP contribution in [0.15, 0.2) is 18.2 Å². The number of hydrogen-bond donors (Lipinski definition) is 3. The lowest BCUT2D eigenvalue weighted by atomic mass is 9.79. The molecule has 0 heterocycles. The van der Waals surface area contributed by atoms with Crippen LogP contribution in [0.3, 0.4) is 0 Å². The van der Waals surface area contributed by atoms with Crippen LogP contribution in [-0.4, -0.2) is 17.3 Å². The Kier molecular flexibility index (Phi) is 3.76. The maximum absolute atomic E-state index is 13.2. The van der Waals surface area contributed by atoms with Gasteiger partial charge >= 0.3 is 0 Å². The monoisotopic (exact) mass is 252 g/mol. The van der Waals surface area contributed by atoms with Gasteiger partial charge in [-0.05, 0) is 37.0 Å². The number of nitrogens with two attached hydrogens (primary N) is 1. The second-order valence-corrected chi connectivity index (χ2v) is 5.55. The van der Waals surface area contributed by atoms with Gasteiger partial charge < -0.3 is 16.2 Å². The van der Waals surface area contributed by atoms with E-state index < -0.39 is 5.60 Å². The summed E-state index contributed by atoms with van der Waals surface area (Å²) in [5.74, 6) is 0.185. The van der Waals surface area contributed by atoms with Crippen LogP contribution in [-0.2, 0) is 0 Å². The number of aliphatic hydroxyl groups is 1. The van der Waals surface area contributed by atoms with Crippen LogP contribution in [0.25, 0.3) is 0 Å². The Morgan fingerprint density at radius 1 is 1.50 bits per heavy atom. The average molecular weight is 252 g/mol. The Balaban J connectivity index is 1.98. The van der Waals surface area contributed by atoms with Crippen molar-refractivity contribution in [2.24, 2.45) is 5.92 Å². The molecule has 100 valence electrons. The highest BCUT2D eigenvalue weighted by Crippen LogP contribution is 2.32.